The van der Waals surface area contributed by atoms with Crippen molar-refractivity contribution in [2.75, 3.05) is 6.61 Å². The summed E-state index contributed by atoms with van der Waals surface area (Å²) in [7, 11) is -3.92. The molecule has 4 nitrogen and oxygen atoms in total. The fraction of sp³-hybridized carbons (Fsp3) is 0.842. The lowest BCUT2D eigenvalue weighted by Gasteiger charge is -2.45. The first-order valence-electron chi connectivity index (χ1n) is 17.7. The highest BCUT2D eigenvalue weighted by Crippen LogP contribution is 2.58. The van der Waals surface area contributed by atoms with Gasteiger partial charge < -0.3 is 18.7 Å². The second kappa shape index (κ2) is 13.5. The number of allylic oxidation sites excluding steroid dienone is 3. The molecule has 0 amide bonds. The van der Waals surface area contributed by atoms with E-state index in [0.29, 0.717) is 24.9 Å². The average molecular weight is 647 g/mol. The number of hydrogen-bond acceptors (Lipinski definition) is 4. The van der Waals surface area contributed by atoms with Gasteiger partial charge in [0.15, 0.2) is 16.6 Å². The number of rotatable bonds is 10. The maximum absolute atomic E-state index is 10.2. The van der Waals surface area contributed by atoms with E-state index in [0.717, 1.165) is 12.8 Å². The van der Waals surface area contributed by atoms with Crippen LogP contribution in [0.25, 0.3) is 0 Å². The molecule has 44 heavy (non-hydrogen) atoms. The average Bonchev–Trinajstić information content (AvgIpc) is 3.20. The largest absolute Gasteiger partial charge is 0.413 e. The second-order valence-corrected chi connectivity index (χ2v) is 28.0. The maximum Gasteiger partial charge on any atom is 0.192 e. The molecule has 6 heteroatoms. The van der Waals surface area contributed by atoms with Crippen LogP contribution in [0.3, 0.4) is 0 Å². The zero-order valence-corrected chi connectivity index (χ0v) is 33.3. The van der Waals surface area contributed by atoms with E-state index in [1.165, 1.54) is 43.3 Å². The zero-order valence-electron chi connectivity index (χ0n) is 31.3. The summed E-state index contributed by atoms with van der Waals surface area (Å²) in [4.78, 5) is 0. The molecule has 0 aromatic heterocycles. The summed E-state index contributed by atoms with van der Waals surface area (Å²) in [6.07, 6.45) is 13.9. The lowest BCUT2D eigenvalue weighted by Crippen LogP contribution is -2.49. The van der Waals surface area contributed by atoms with Crippen molar-refractivity contribution < 1.29 is 18.7 Å². The van der Waals surface area contributed by atoms with Gasteiger partial charge in [-0.25, -0.2) is 0 Å². The van der Waals surface area contributed by atoms with Crippen LogP contribution in [0.5, 0.6) is 0 Å². The van der Waals surface area contributed by atoms with Gasteiger partial charge in [0, 0.05) is 13.0 Å². The summed E-state index contributed by atoms with van der Waals surface area (Å²) in [5, 5.41) is 10.5. The Morgan fingerprint density at radius 1 is 0.955 bits per heavy atom. The standard InChI is InChI=1S/C38H70O4Si2/c1-27-30(25-31(41-43(12,13)35(3,4)5)26-34(27)42-44(14,15)36(6,7)8)19-18-29-17-16-22-38(11)32(20-21-33(29)38)28(2)40-24-23-37(9,10)39/h18-19,28,31-34,39H,1,16-17,20-26H2,2-15H3/t28-,31+,32+,33-,34-,38+/m0/s1. The summed E-state index contributed by atoms with van der Waals surface area (Å²) in [5.41, 5.74) is 3.68. The Morgan fingerprint density at radius 2 is 1.55 bits per heavy atom. The van der Waals surface area contributed by atoms with E-state index < -0.39 is 22.2 Å². The molecule has 3 saturated carbocycles. The molecule has 0 aromatic carbocycles. The molecular weight excluding hydrogens is 577 g/mol. The molecule has 0 bridgehead atoms. The number of hydrogen-bond donors (Lipinski definition) is 1. The Bertz CT molecular complexity index is 1070. The molecule has 3 aliphatic rings. The minimum absolute atomic E-state index is 0.0124. The van der Waals surface area contributed by atoms with Crippen LogP contribution in [0.15, 0.2) is 35.5 Å². The molecule has 0 heterocycles. The van der Waals surface area contributed by atoms with Crippen LogP contribution in [0.2, 0.25) is 36.3 Å². The second-order valence-electron chi connectivity index (χ2n) is 18.5. The lowest BCUT2D eigenvalue weighted by molar-refractivity contribution is -0.0454. The summed E-state index contributed by atoms with van der Waals surface area (Å²) in [5.74, 6) is 1.16. The molecular formula is C38H70O4Si2. The SMILES string of the molecule is C=C1C(=CC=C2CCC[C@]3(C)[C@@H]([C@H](C)OCCC(C)(C)O)CC[C@@H]23)C[C@@H](O[Si](C)(C)C(C)(C)C)C[C@@H]1O[Si](C)(C)C(C)(C)C. The highest BCUT2D eigenvalue weighted by Gasteiger charge is 2.51. The fourth-order valence-corrected chi connectivity index (χ4v) is 10.1. The van der Waals surface area contributed by atoms with Crippen molar-refractivity contribution in [2.45, 2.75) is 181 Å². The van der Waals surface area contributed by atoms with E-state index in [-0.39, 0.29) is 33.8 Å². The molecule has 0 aromatic rings. The molecule has 3 aliphatic carbocycles. The van der Waals surface area contributed by atoms with Crippen LogP contribution in [-0.4, -0.2) is 52.3 Å². The van der Waals surface area contributed by atoms with Crippen molar-refractivity contribution >= 4 is 16.6 Å². The minimum Gasteiger partial charge on any atom is -0.413 e. The van der Waals surface area contributed by atoms with Gasteiger partial charge in [-0.1, -0.05) is 72.8 Å². The predicted octanol–water partition coefficient (Wildman–Crippen LogP) is 10.8. The number of ether oxygens (including phenoxy) is 1. The van der Waals surface area contributed by atoms with E-state index in [9.17, 15) is 5.11 Å². The molecule has 0 saturated heterocycles. The van der Waals surface area contributed by atoms with Gasteiger partial charge in [0.1, 0.15) is 0 Å². The van der Waals surface area contributed by atoms with E-state index in [4.69, 9.17) is 13.6 Å². The predicted molar refractivity (Wildman–Crippen MR) is 193 cm³/mol. The quantitative estimate of drug-likeness (QED) is 0.240. The first kappa shape index (κ1) is 37.9. The maximum atomic E-state index is 10.2. The van der Waals surface area contributed by atoms with Crippen molar-refractivity contribution in [1.29, 1.82) is 0 Å². The van der Waals surface area contributed by atoms with Crippen LogP contribution < -0.4 is 0 Å². The van der Waals surface area contributed by atoms with Crippen LogP contribution in [0, 0.1) is 17.3 Å². The number of fused-ring (bicyclic) bond motifs is 1. The monoisotopic (exact) mass is 646 g/mol. The van der Waals surface area contributed by atoms with Gasteiger partial charge in [0.25, 0.3) is 0 Å². The third-order valence-electron chi connectivity index (χ3n) is 12.4. The highest BCUT2D eigenvalue weighted by molar-refractivity contribution is 6.74. The van der Waals surface area contributed by atoms with E-state index >= 15 is 0 Å². The van der Waals surface area contributed by atoms with Gasteiger partial charge in [-0.2, -0.15) is 0 Å². The van der Waals surface area contributed by atoms with Gasteiger partial charge in [0.2, 0.25) is 0 Å². The molecule has 0 unspecified atom stereocenters. The third-order valence-corrected chi connectivity index (χ3v) is 21.5. The fourth-order valence-electron chi connectivity index (χ4n) is 7.43. The van der Waals surface area contributed by atoms with Crippen LogP contribution in [-0.2, 0) is 13.6 Å². The number of aliphatic hydroxyl groups is 1. The van der Waals surface area contributed by atoms with Gasteiger partial charge in [-0.15, -0.1) is 0 Å². The van der Waals surface area contributed by atoms with Gasteiger partial charge in [-0.05, 0) is 130 Å². The normalized spacial score (nSPS) is 31.9. The minimum atomic E-state index is -1.98. The van der Waals surface area contributed by atoms with E-state index in [1.807, 2.05) is 13.8 Å². The van der Waals surface area contributed by atoms with E-state index in [2.05, 4.69) is 100 Å². The first-order chi connectivity index (χ1) is 19.9. The van der Waals surface area contributed by atoms with Gasteiger partial charge in [0.05, 0.1) is 23.9 Å². The molecule has 0 spiro atoms. The summed E-state index contributed by atoms with van der Waals surface area (Å²) in [6, 6.07) is 0. The van der Waals surface area contributed by atoms with Crippen molar-refractivity contribution in [3.05, 3.63) is 35.5 Å². The van der Waals surface area contributed by atoms with Crippen molar-refractivity contribution in [3.8, 4) is 0 Å². The Hall–Kier alpha value is -0.506. The van der Waals surface area contributed by atoms with Gasteiger partial charge in [-0.3, -0.25) is 0 Å². The van der Waals surface area contributed by atoms with Crippen LogP contribution >= 0.6 is 0 Å². The summed E-state index contributed by atoms with van der Waals surface area (Å²) in [6.45, 7) is 37.2. The summed E-state index contributed by atoms with van der Waals surface area (Å²) < 4.78 is 20.5. The zero-order chi connectivity index (χ0) is 33.5. The van der Waals surface area contributed by atoms with Crippen molar-refractivity contribution in [1.82, 2.24) is 0 Å². The Balaban J connectivity index is 1.86. The van der Waals surface area contributed by atoms with E-state index in [1.54, 1.807) is 5.57 Å². The molecule has 6 atom stereocenters. The molecule has 254 valence electrons. The van der Waals surface area contributed by atoms with Gasteiger partial charge >= 0.3 is 0 Å². The molecule has 1 N–H and O–H groups in total. The van der Waals surface area contributed by atoms with Crippen LogP contribution in [0.1, 0.15) is 121 Å². The topological polar surface area (TPSA) is 47.9 Å². The first-order valence-corrected chi connectivity index (χ1v) is 23.5. The molecule has 0 radical (unpaired) electrons. The molecule has 3 fully saturated rings. The smallest absolute Gasteiger partial charge is 0.192 e. The highest BCUT2D eigenvalue weighted by atomic mass is 28.4. The lowest BCUT2D eigenvalue weighted by atomic mass is 9.62. The van der Waals surface area contributed by atoms with Crippen LogP contribution in [0.4, 0.5) is 0 Å². The molecule has 3 rings (SSSR count). The Kier molecular flexibility index (Phi) is 11.7. The summed E-state index contributed by atoms with van der Waals surface area (Å²) >= 11 is 0. The Labute approximate surface area is 274 Å². The Morgan fingerprint density at radius 3 is 2.11 bits per heavy atom. The molecule has 0 aliphatic heterocycles. The third kappa shape index (κ3) is 8.89. The van der Waals surface area contributed by atoms with Crippen molar-refractivity contribution in [2.24, 2.45) is 17.3 Å². The van der Waals surface area contributed by atoms with Crippen molar-refractivity contribution in [3.63, 3.8) is 0 Å².